The molecule has 0 saturated heterocycles. The Bertz CT molecular complexity index is 127. The van der Waals surface area contributed by atoms with Gasteiger partial charge in [-0.15, -0.1) is 12.4 Å². The summed E-state index contributed by atoms with van der Waals surface area (Å²) in [4.78, 5) is 10.7. The second-order valence-electron chi connectivity index (χ2n) is 2.30. The molecule has 1 atom stereocenters. The highest BCUT2D eigenvalue weighted by molar-refractivity contribution is 5.85. The fourth-order valence-corrected chi connectivity index (χ4v) is 0.603. The standard InChI is InChI=1S/C6H13NO3.ClH/c1-6(9,3-4-7)5(8)10-2;/h9H,3-4,7H2,1-2H3;1H. The first-order valence-electron chi connectivity index (χ1n) is 3.05. The zero-order valence-corrected chi connectivity index (χ0v) is 7.48. The van der Waals surface area contributed by atoms with Crippen LogP contribution in [0.25, 0.3) is 0 Å². The molecule has 0 rings (SSSR count). The molecule has 0 aromatic carbocycles. The first kappa shape index (κ1) is 13.3. The second-order valence-corrected chi connectivity index (χ2v) is 2.30. The normalized spacial score (nSPS) is 14.5. The van der Waals surface area contributed by atoms with Crippen LogP contribution >= 0.6 is 12.4 Å². The van der Waals surface area contributed by atoms with E-state index in [-0.39, 0.29) is 25.4 Å². The molecule has 0 bridgehead atoms. The lowest BCUT2D eigenvalue weighted by Crippen LogP contribution is -2.38. The van der Waals surface area contributed by atoms with Crippen LogP contribution in [-0.2, 0) is 9.53 Å². The minimum Gasteiger partial charge on any atom is -0.467 e. The zero-order valence-electron chi connectivity index (χ0n) is 6.66. The van der Waals surface area contributed by atoms with E-state index in [0.717, 1.165) is 0 Å². The number of aliphatic hydroxyl groups is 1. The molecule has 0 aliphatic heterocycles. The predicted octanol–water partition coefficient (Wildman–Crippen LogP) is -0.319. The highest BCUT2D eigenvalue weighted by Crippen LogP contribution is 2.08. The molecule has 4 nitrogen and oxygen atoms in total. The average Bonchev–Trinajstić information content (AvgIpc) is 1.86. The van der Waals surface area contributed by atoms with E-state index in [2.05, 4.69) is 4.74 Å². The van der Waals surface area contributed by atoms with E-state index in [1.807, 2.05) is 0 Å². The first-order valence-corrected chi connectivity index (χ1v) is 3.05. The summed E-state index contributed by atoms with van der Waals surface area (Å²) < 4.78 is 4.32. The van der Waals surface area contributed by atoms with E-state index in [4.69, 9.17) is 5.73 Å². The van der Waals surface area contributed by atoms with E-state index < -0.39 is 11.6 Å². The second kappa shape index (κ2) is 5.35. The summed E-state index contributed by atoms with van der Waals surface area (Å²) in [5.41, 5.74) is 3.71. The number of carbonyl (C=O) groups is 1. The Morgan fingerprint density at radius 3 is 2.45 bits per heavy atom. The minimum atomic E-state index is -1.43. The lowest BCUT2D eigenvalue weighted by Gasteiger charge is -2.18. The van der Waals surface area contributed by atoms with Gasteiger partial charge in [0.1, 0.15) is 0 Å². The van der Waals surface area contributed by atoms with E-state index in [0.29, 0.717) is 0 Å². The Kier molecular flexibility index (Phi) is 6.46. The summed E-state index contributed by atoms with van der Waals surface area (Å²) in [5.74, 6) is -0.641. The Labute approximate surface area is 72.1 Å². The zero-order chi connectivity index (χ0) is 8.20. The van der Waals surface area contributed by atoms with Crippen LogP contribution in [0, 0.1) is 0 Å². The van der Waals surface area contributed by atoms with Crippen LogP contribution < -0.4 is 5.73 Å². The molecule has 5 heteroatoms. The van der Waals surface area contributed by atoms with Crippen molar-refractivity contribution in [1.82, 2.24) is 0 Å². The van der Waals surface area contributed by atoms with Gasteiger partial charge in [-0.1, -0.05) is 0 Å². The van der Waals surface area contributed by atoms with Gasteiger partial charge in [-0.2, -0.15) is 0 Å². The number of nitrogens with two attached hydrogens (primary N) is 1. The number of carbonyl (C=O) groups excluding carboxylic acids is 1. The van der Waals surface area contributed by atoms with Gasteiger partial charge in [-0.05, 0) is 19.9 Å². The van der Waals surface area contributed by atoms with Gasteiger partial charge in [0.15, 0.2) is 5.60 Å². The number of hydrogen-bond donors (Lipinski definition) is 2. The van der Waals surface area contributed by atoms with Crippen LogP contribution in [0.15, 0.2) is 0 Å². The van der Waals surface area contributed by atoms with E-state index in [9.17, 15) is 9.90 Å². The molecular formula is C6H14ClNO3. The van der Waals surface area contributed by atoms with Gasteiger partial charge in [0, 0.05) is 0 Å². The smallest absolute Gasteiger partial charge is 0.337 e. The molecule has 0 radical (unpaired) electrons. The number of esters is 1. The minimum absolute atomic E-state index is 0. The molecule has 1 unspecified atom stereocenters. The van der Waals surface area contributed by atoms with Crippen molar-refractivity contribution in [1.29, 1.82) is 0 Å². The number of ether oxygens (including phenoxy) is 1. The summed E-state index contributed by atoms with van der Waals surface area (Å²) in [6.45, 7) is 1.65. The van der Waals surface area contributed by atoms with Gasteiger partial charge >= 0.3 is 5.97 Å². The van der Waals surface area contributed by atoms with Gasteiger partial charge < -0.3 is 15.6 Å². The lowest BCUT2D eigenvalue weighted by molar-refractivity contribution is -0.160. The van der Waals surface area contributed by atoms with Crippen molar-refractivity contribution in [3.05, 3.63) is 0 Å². The molecule has 0 heterocycles. The molecule has 0 spiro atoms. The van der Waals surface area contributed by atoms with Crippen LogP contribution in [0.4, 0.5) is 0 Å². The number of hydrogen-bond acceptors (Lipinski definition) is 4. The van der Waals surface area contributed by atoms with Gasteiger partial charge in [0.25, 0.3) is 0 Å². The number of methoxy groups -OCH3 is 1. The summed E-state index contributed by atoms with van der Waals surface area (Å²) in [6, 6.07) is 0. The van der Waals surface area contributed by atoms with Crippen molar-refractivity contribution in [3.63, 3.8) is 0 Å². The van der Waals surface area contributed by atoms with Gasteiger partial charge in [-0.3, -0.25) is 0 Å². The fourth-order valence-electron chi connectivity index (χ4n) is 0.603. The van der Waals surface area contributed by atoms with Crippen molar-refractivity contribution in [3.8, 4) is 0 Å². The van der Waals surface area contributed by atoms with Crippen molar-refractivity contribution >= 4 is 18.4 Å². The molecule has 0 aliphatic rings. The maximum absolute atomic E-state index is 10.7. The van der Waals surface area contributed by atoms with Crippen LogP contribution in [0.3, 0.4) is 0 Å². The number of halogens is 1. The van der Waals surface area contributed by atoms with Crippen molar-refractivity contribution < 1.29 is 14.6 Å². The molecule has 0 fully saturated rings. The Morgan fingerprint density at radius 1 is 1.73 bits per heavy atom. The van der Waals surface area contributed by atoms with Crippen molar-refractivity contribution in [2.24, 2.45) is 5.73 Å². The fraction of sp³-hybridized carbons (Fsp3) is 0.833. The molecule has 68 valence electrons. The molecule has 3 N–H and O–H groups in total. The van der Waals surface area contributed by atoms with E-state index in [1.54, 1.807) is 0 Å². The molecule has 11 heavy (non-hydrogen) atoms. The summed E-state index contributed by atoms with van der Waals surface area (Å²) in [6.07, 6.45) is 0.222. The summed E-state index contributed by atoms with van der Waals surface area (Å²) >= 11 is 0. The van der Waals surface area contributed by atoms with Gasteiger partial charge in [0.05, 0.1) is 7.11 Å². The van der Waals surface area contributed by atoms with Crippen LogP contribution in [0.1, 0.15) is 13.3 Å². The predicted molar refractivity (Wildman–Crippen MR) is 43.6 cm³/mol. The third kappa shape index (κ3) is 4.19. The monoisotopic (exact) mass is 183 g/mol. The molecule has 0 aromatic heterocycles. The Hall–Kier alpha value is -0.320. The molecule has 0 amide bonds. The summed E-state index contributed by atoms with van der Waals surface area (Å²) in [5, 5.41) is 9.23. The summed E-state index contributed by atoms with van der Waals surface area (Å²) in [7, 11) is 1.23. The molecule has 0 aromatic rings. The lowest BCUT2D eigenvalue weighted by atomic mass is 10.0. The Balaban J connectivity index is 0. The van der Waals surface area contributed by atoms with E-state index >= 15 is 0 Å². The highest BCUT2D eigenvalue weighted by Gasteiger charge is 2.29. The largest absolute Gasteiger partial charge is 0.467 e. The molecule has 0 aliphatic carbocycles. The first-order chi connectivity index (χ1) is 4.54. The van der Waals surface area contributed by atoms with Crippen molar-refractivity contribution in [2.75, 3.05) is 13.7 Å². The Morgan fingerprint density at radius 2 is 2.18 bits per heavy atom. The van der Waals surface area contributed by atoms with Crippen LogP contribution in [0.5, 0.6) is 0 Å². The average molecular weight is 184 g/mol. The maximum atomic E-state index is 10.7. The van der Waals surface area contributed by atoms with Crippen LogP contribution in [-0.4, -0.2) is 30.3 Å². The maximum Gasteiger partial charge on any atom is 0.337 e. The highest BCUT2D eigenvalue weighted by atomic mass is 35.5. The van der Waals surface area contributed by atoms with Crippen molar-refractivity contribution in [2.45, 2.75) is 18.9 Å². The van der Waals surface area contributed by atoms with Crippen LogP contribution in [0.2, 0.25) is 0 Å². The molecular weight excluding hydrogens is 170 g/mol. The third-order valence-corrected chi connectivity index (χ3v) is 1.26. The van der Waals surface area contributed by atoms with Gasteiger partial charge in [0.2, 0.25) is 0 Å². The quantitative estimate of drug-likeness (QED) is 0.589. The topological polar surface area (TPSA) is 72.5 Å². The third-order valence-electron chi connectivity index (χ3n) is 1.26. The SMILES string of the molecule is COC(=O)C(C)(O)CCN.Cl. The van der Waals surface area contributed by atoms with Gasteiger partial charge in [-0.25, -0.2) is 4.79 Å². The van der Waals surface area contributed by atoms with E-state index in [1.165, 1.54) is 14.0 Å². The molecule has 0 saturated carbocycles. The number of rotatable bonds is 3.